The van der Waals surface area contributed by atoms with Crippen molar-refractivity contribution in [2.75, 3.05) is 6.61 Å². The van der Waals surface area contributed by atoms with Crippen molar-refractivity contribution in [1.82, 2.24) is 5.32 Å². The lowest BCUT2D eigenvalue weighted by atomic mass is 9.96. The van der Waals surface area contributed by atoms with Crippen molar-refractivity contribution in [1.29, 1.82) is 0 Å². The average molecular weight is 370 g/mol. The normalized spacial score (nSPS) is 23.2. The lowest BCUT2D eigenvalue weighted by Crippen LogP contribution is -2.37. The first-order valence-corrected chi connectivity index (χ1v) is 8.61. The van der Waals surface area contributed by atoms with Gasteiger partial charge in [-0.15, -0.1) is 0 Å². The molecule has 3 unspecified atom stereocenters. The van der Waals surface area contributed by atoms with Crippen LogP contribution in [0.5, 0.6) is 0 Å². The number of hydrogen-bond donors (Lipinski definition) is 2. The van der Waals surface area contributed by atoms with Gasteiger partial charge in [-0.05, 0) is 30.7 Å². The minimum Gasteiger partial charge on any atom is -0.450 e. The van der Waals surface area contributed by atoms with Gasteiger partial charge in [0.15, 0.2) is 0 Å². The summed E-state index contributed by atoms with van der Waals surface area (Å²) in [4.78, 5) is 22.7. The maximum absolute atomic E-state index is 13.4. The van der Waals surface area contributed by atoms with Gasteiger partial charge in [0.25, 0.3) is 0 Å². The Hall–Kier alpha value is -2.38. The smallest absolute Gasteiger partial charge is 0.407 e. The Balaban J connectivity index is 1.83. The fourth-order valence-electron chi connectivity index (χ4n) is 3.11. The number of ether oxygens (including phenoxy) is 2. The van der Waals surface area contributed by atoms with Gasteiger partial charge in [0.1, 0.15) is 19.0 Å². The molecule has 3 N–H and O–H groups in total. The lowest BCUT2D eigenvalue weighted by Gasteiger charge is -2.21. The topological polar surface area (TPSA) is 90.7 Å². The third-order valence-corrected chi connectivity index (χ3v) is 4.37. The van der Waals surface area contributed by atoms with E-state index in [9.17, 15) is 18.4 Å². The number of alkyl carbamates (subject to hydrolysis) is 1. The number of primary amides is 1. The van der Waals surface area contributed by atoms with Crippen molar-refractivity contribution in [2.24, 2.45) is 11.7 Å². The second-order valence-corrected chi connectivity index (χ2v) is 6.46. The number of halogens is 2. The molecule has 0 aliphatic heterocycles. The third kappa shape index (κ3) is 6.85. The molecule has 1 aromatic carbocycles. The number of rotatable bonds is 8. The molecule has 144 valence electrons. The molecule has 0 saturated heterocycles. The number of hydrogen-bond acceptors (Lipinski definition) is 4. The predicted octanol–water partition coefficient (Wildman–Crippen LogP) is 3.24. The van der Waals surface area contributed by atoms with Gasteiger partial charge in [0.2, 0.25) is 0 Å². The van der Waals surface area contributed by atoms with Crippen molar-refractivity contribution in [2.45, 2.75) is 50.7 Å². The first kappa shape index (κ1) is 19.9. The summed E-state index contributed by atoms with van der Waals surface area (Å²) >= 11 is 0. The molecule has 2 rings (SSSR count). The van der Waals surface area contributed by atoms with Crippen LogP contribution in [0.3, 0.4) is 0 Å². The van der Waals surface area contributed by atoms with Gasteiger partial charge in [0.05, 0.1) is 6.61 Å². The maximum atomic E-state index is 13.4. The minimum absolute atomic E-state index is 0.00376. The molecule has 0 heterocycles. The number of alkyl halides is 2. The SMILES string of the molecule is NC(=O)OCCC(CC1CC(F)C(F)C1)NC(=O)OCc1ccccc1. The molecular formula is C18H24F2N2O4. The second kappa shape index (κ2) is 9.94. The van der Waals surface area contributed by atoms with Crippen molar-refractivity contribution in [3.63, 3.8) is 0 Å². The molecule has 1 saturated carbocycles. The van der Waals surface area contributed by atoms with Crippen LogP contribution in [0.4, 0.5) is 18.4 Å². The Labute approximate surface area is 151 Å². The minimum atomic E-state index is -1.47. The van der Waals surface area contributed by atoms with Gasteiger partial charge in [-0.25, -0.2) is 18.4 Å². The number of nitrogens with two attached hydrogens (primary N) is 1. The molecule has 0 spiro atoms. The highest BCUT2D eigenvalue weighted by Gasteiger charge is 2.35. The number of carbonyl (C=O) groups is 2. The van der Waals surface area contributed by atoms with E-state index in [1.165, 1.54) is 0 Å². The number of nitrogens with one attached hydrogen (secondary N) is 1. The van der Waals surface area contributed by atoms with E-state index in [1.807, 2.05) is 30.3 Å². The summed E-state index contributed by atoms with van der Waals surface area (Å²) in [5.74, 6) is -0.187. The molecule has 3 atom stereocenters. The maximum Gasteiger partial charge on any atom is 0.407 e. The van der Waals surface area contributed by atoms with E-state index < -0.39 is 30.6 Å². The van der Waals surface area contributed by atoms with Gasteiger partial charge < -0.3 is 20.5 Å². The molecular weight excluding hydrogens is 346 g/mol. The van der Waals surface area contributed by atoms with E-state index in [2.05, 4.69) is 10.1 Å². The zero-order chi connectivity index (χ0) is 18.9. The fraction of sp³-hybridized carbons (Fsp3) is 0.556. The molecule has 1 aliphatic rings. The van der Waals surface area contributed by atoms with Crippen LogP contribution in [0, 0.1) is 5.92 Å². The van der Waals surface area contributed by atoms with E-state index >= 15 is 0 Å². The zero-order valence-electron chi connectivity index (χ0n) is 14.4. The largest absolute Gasteiger partial charge is 0.450 e. The molecule has 0 bridgehead atoms. The Morgan fingerprint density at radius 2 is 1.81 bits per heavy atom. The van der Waals surface area contributed by atoms with Crippen molar-refractivity contribution in [3.8, 4) is 0 Å². The van der Waals surface area contributed by atoms with E-state index in [0.717, 1.165) is 5.56 Å². The van der Waals surface area contributed by atoms with Crippen molar-refractivity contribution >= 4 is 12.2 Å². The standard InChI is InChI=1S/C18H24F2N2O4/c19-15-9-13(10-16(15)20)8-14(6-7-25-17(21)23)22-18(24)26-11-12-4-2-1-3-5-12/h1-5,13-16H,6-11H2,(H2,21,23)(H,22,24). The van der Waals surface area contributed by atoms with Crippen LogP contribution in [-0.4, -0.2) is 37.2 Å². The van der Waals surface area contributed by atoms with Crippen molar-refractivity contribution in [3.05, 3.63) is 35.9 Å². The lowest BCUT2D eigenvalue weighted by molar-refractivity contribution is 0.127. The third-order valence-electron chi connectivity index (χ3n) is 4.37. The monoisotopic (exact) mass is 370 g/mol. The fourth-order valence-corrected chi connectivity index (χ4v) is 3.11. The van der Waals surface area contributed by atoms with Crippen LogP contribution in [0.1, 0.15) is 31.2 Å². The molecule has 0 radical (unpaired) electrons. The van der Waals surface area contributed by atoms with Gasteiger partial charge in [-0.3, -0.25) is 0 Å². The van der Waals surface area contributed by atoms with E-state index in [1.54, 1.807) is 0 Å². The number of benzene rings is 1. The zero-order valence-corrected chi connectivity index (χ0v) is 14.4. The van der Waals surface area contributed by atoms with Crippen LogP contribution in [0.25, 0.3) is 0 Å². The van der Waals surface area contributed by atoms with E-state index in [4.69, 9.17) is 10.5 Å². The summed E-state index contributed by atoms with van der Waals surface area (Å²) in [6.45, 7) is 0.115. The van der Waals surface area contributed by atoms with E-state index in [0.29, 0.717) is 6.42 Å². The number of amides is 2. The highest BCUT2D eigenvalue weighted by Crippen LogP contribution is 2.34. The van der Waals surface area contributed by atoms with Gasteiger partial charge >= 0.3 is 12.2 Å². The summed E-state index contributed by atoms with van der Waals surface area (Å²) in [5.41, 5.74) is 5.76. The van der Waals surface area contributed by atoms with Crippen molar-refractivity contribution < 1.29 is 27.8 Å². The highest BCUT2D eigenvalue weighted by molar-refractivity contribution is 5.67. The Kier molecular flexibility index (Phi) is 7.62. The Morgan fingerprint density at radius 1 is 1.15 bits per heavy atom. The van der Waals surface area contributed by atoms with Crippen LogP contribution < -0.4 is 11.1 Å². The highest BCUT2D eigenvalue weighted by atomic mass is 19.2. The molecule has 1 aromatic rings. The summed E-state index contributed by atoms with van der Waals surface area (Å²) in [6, 6.07) is 8.75. The van der Waals surface area contributed by atoms with Crippen LogP contribution in [-0.2, 0) is 16.1 Å². The van der Waals surface area contributed by atoms with Gasteiger partial charge in [0, 0.05) is 12.5 Å². The van der Waals surface area contributed by atoms with Crippen LogP contribution in [0.2, 0.25) is 0 Å². The molecule has 0 aromatic heterocycles. The quantitative estimate of drug-likeness (QED) is 0.735. The van der Waals surface area contributed by atoms with Gasteiger partial charge in [-0.2, -0.15) is 0 Å². The summed E-state index contributed by atoms with van der Waals surface area (Å²) in [7, 11) is 0. The molecule has 1 aliphatic carbocycles. The molecule has 1 fully saturated rings. The first-order valence-electron chi connectivity index (χ1n) is 8.61. The van der Waals surface area contributed by atoms with Gasteiger partial charge in [-0.1, -0.05) is 30.3 Å². The molecule has 26 heavy (non-hydrogen) atoms. The summed E-state index contributed by atoms with van der Waals surface area (Å²) < 4.78 is 36.6. The molecule has 6 nitrogen and oxygen atoms in total. The Bertz CT molecular complexity index is 578. The summed E-state index contributed by atoms with van der Waals surface area (Å²) in [5, 5.41) is 2.68. The second-order valence-electron chi connectivity index (χ2n) is 6.46. The van der Waals surface area contributed by atoms with Crippen LogP contribution in [0.15, 0.2) is 30.3 Å². The summed E-state index contributed by atoms with van der Waals surface area (Å²) in [6.07, 6.45) is -3.57. The van der Waals surface area contributed by atoms with E-state index in [-0.39, 0.29) is 38.4 Å². The first-order chi connectivity index (χ1) is 12.4. The Morgan fingerprint density at radius 3 is 2.42 bits per heavy atom. The molecule has 8 heteroatoms. The number of carbonyl (C=O) groups excluding carboxylic acids is 2. The predicted molar refractivity (Wildman–Crippen MR) is 90.8 cm³/mol. The van der Waals surface area contributed by atoms with Crippen LogP contribution >= 0.6 is 0 Å². The molecule has 2 amide bonds. The average Bonchev–Trinajstić information content (AvgIpc) is 2.91.